The minimum Gasteiger partial charge on any atom is -0.0841 e. The molecule has 7 unspecified atom stereocenters. The highest BCUT2D eigenvalue weighted by atomic mass is 14.6. The first-order chi connectivity index (χ1) is 17.1. The van der Waals surface area contributed by atoms with Crippen molar-refractivity contribution >= 4 is 5.57 Å². The summed E-state index contributed by atoms with van der Waals surface area (Å²) in [6.45, 7) is 23.0. The zero-order valence-electron chi connectivity index (χ0n) is 25.8. The molecule has 0 spiro atoms. The molecular formula is C36H60. The summed E-state index contributed by atoms with van der Waals surface area (Å²) in [4.78, 5) is 0. The standard InChI is InChI=1S/C23H40.C11H14.C2H6/c1-15(2)20-8-9-21-19-7-6-16-14-22(3,4)12-10-17(16)18(19)11-13-23(20,21)5;1-4-10(3)11-7-5-9(2)6-8-11;1-2/h15-21H,6-14H2,1-5H3;4-8H,1-3H3;1-2H3/b;10-4+;. The maximum atomic E-state index is 2.70. The molecule has 36 heavy (non-hydrogen) atoms. The van der Waals surface area contributed by atoms with E-state index in [4.69, 9.17) is 0 Å². The first kappa shape index (κ1) is 29.5. The van der Waals surface area contributed by atoms with Gasteiger partial charge in [0.2, 0.25) is 0 Å². The Balaban J connectivity index is 0.000000235. The number of aryl methyl sites for hydroxylation is 1. The van der Waals surface area contributed by atoms with E-state index >= 15 is 0 Å². The van der Waals surface area contributed by atoms with E-state index < -0.39 is 0 Å². The predicted octanol–water partition coefficient (Wildman–Crippen LogP) is 11.4. The van der Waals surface area contributed by atoms with Crippen LogP contribution in [-0.2, 0) is 0 Å². The Hall–Kier alpha value is -1.04. The number of fused-ring (bicyclic) bond motifs is 5. The van der Waals surface area contributed by atoms with Crippen molar-refractivity contribution in [2.45, 2.75) is 127 Å². The average molecular weight is 493 g/mol. The zero-order valence-corrected chi connectivity index (χ0v) is 25.8. The van der Waals surface area contributed by atoms with Gasteiger partial charge in [0.1, 0.15) is 0 Å². The van der Waals surface area contributed by atoms with Crippen LogP contribution in [0.4, 0.5) is 0 Å². The number of benzene rings is 1. The maximum absolute atomic E-state index is 2.70. The minimum atomic E-state index is 0.632. The molecule has 5 rings (SSSR count). The third kappa shape index (κ3) is 6.15. The van der Waals surface area contributed by atoms with Crippen LogP contribution >= 0.6 is 0 Å². The molecule has 4 saturated carbocycles. The molecule has 204 valence electrons. The molecule has 4 aliphatic rings. The van der Waals surface area contributed by atoms with Crippen LogP contribution in [-0.4, -0.2) is 0 Å². The van der Waals surface area contributed by atoms with Crippen molar-refractivity contribution in [1.29, 1.82) is 0 Å². The smallest absolute Gasteiger partial charge is 0.0230 e. The summed E-state index contributed by atoms with van der Waals surface area (Å²) in [5, 5.41) is 0. The summed E-state index contributed by atoms with van der Waals surface area (Å²) in [6.07, 6.45) is 16.1. The molecule has 1 aromatic carbocycles. The second kappa shape index (κ2) is 12.2. The Labute approximate surface area is 226 Å². The van der Waals surface area contributed by atoms with Crippen molar-refractivity contribution in [3.8, 4) is 0 Å². The number of rotatable bonds is 2. The van der Waals surface area contributed by atoms with Gasteiger partial charge in [-0.2, -0.15) is 0 Å². The van der Waals surface area contributed by atoms with E-state index in [9.17, 15) is 0 Å². The summed E-state index contributed by atoms with van der Waals surface area (Å²) in [6, 6.07) is 8.60. The van der Waals surface area contributed by atoms with Crippen LogP contribution in [0.25, 0.3) is 5.57 Å². The molecule has 0 aromatic heterocycles. The van der Waals surface area contributed by atoms with E-state index in [0.717, 1.165) is 41.4 Å². The zero-order chi connectivity index (χ0) is 26.7. The van der Waals surface area contributed by atoms with Crippen LogP contribution in [0.5, 0.6) is 0 Å². The van der Waals surface area contributed by atoms with Crippen molar-refractivity contribution < 1.29 is 0 Å². The van der Waals surface area contributed by atoms with Crippen molar-refractivity contribution in [3.63, 3.8) is 0 Å². The molecule has 1 aromatic rings. The van der Waals surface area contributed by atoms with Crippen molar-refractivity contribution in [3.05, 3.63) is 41.5 Å². The first-order valence-corrected chi connectivity index (χ1v) is 15.8. The van der Waals surface area contributed by atoms with Gasteiger partial charge in [-0.25, -0.2) is 0 Å². The normalized spacial score (nSPS) is 36.9. The van der Waals surface area contributed by atoms with E-state index in [1.165, 1.54) is 36.0 Å². The highest BCUT2D eigenvalue weighted by Crippen LogP contribution is 2.66. The molecule has 0 amide bonds. The molecular weight excluding hydrogens is 432 g/mol. The molecule has 0 radical (unpaired) electrons. The summed E-state index contributed by atoms with van der Waals surface area (Å²) in [7, 11) is 0. The van der Waals surface area contributed by atoms with Gasteiger partial charge in [-0.3, -0.25) is 0 Å². The van der Waals surface area contributed by atoms with Gasteiger partial charge >= 0.3 is 0 Å². The Morgan fingerprint density at radius 2 is 1.47 bits per heavy atom. The summed E-state index contributed by atoms with van der Waals surface area (Å²) < 4.78 is 0. The van der Waals surface area contributed by atoms with Gasteiger partial charge in [0.25, 0.3) is 0 Å². The predicted molar refractivity (Wildman–Crippen MR) is 161 cm³/mol. The fourth-order valence-corrected chi connectivity index (χ4v) is 9.43. The SMILES string of the molecule is C/C=C(\C)c1ccc(C)cc1.CC.CC(C)C1CCC2C3CCC4CC(C)(C)CCC4C3CCC12C. The average Bonchev–Trinajstić information content (AvgIpc) is 3.22. The Morgan fingerprint density at radius 3 is 2.08 bits per heavy atom. The topological polar surface area (TPSA) is 0 Å². The summed E-state index contributed by atoms with van der Waals surface area (Å²) >= 11 is 0. The molecule has 0 N–H and O–H groups in total. The van der Waals surface area contributed by atoms with Crippen LogP contribution in [0.3, 0.4) is 0 Å². The van der Waals surface area contributed by atoms with Crippen LogP contribution in [0, 0.1) is 59.2 Å². The lowest BCUT2D eigenvalue weighted by atomic mass is 9.48. The van der Waals surface area contributed by atoms with Gasteiger partial charge in [-0.1, -0.05) is 84.4 Å². The first-order valence-electron chi connectivity index (χ1n) is 15.8. The number of hydrogen-bond acceptors (Lipinski definition) is 0. The lowest BCUT2D eigenvalue weighted by Gasteiger charge is -2.57. The highest BCUT2D eigenvalue weighted by molar-refractivity contribution is 5.63. The second-order valence-electron chi connectivity index (χ2n) is 14.2. The monoisotopic (exact) mass is 492 g/mol. The molecule has 4 fully saturated rings. The van der Waals surface area contributed by atoms with E-state index in [0.29, 0.717) is 10.8 Å². The van der Waals surface area contributed by atoms with Gasteiger partial charge in [0.05, 0.1) is 0 Å². The van der Waals surface area contributed by atoms with Crippen molar-refractivity contribution in [2.75, 3.05) is 0 Å². The highest BCUT2D eigenvalue weighted by Gasteiger charge is 2.57. The number of hydrogen-bond donors (Lipinski definition) is 0. The molecule has 0 aliphatic heterocycles. The summed E-state index contributed by atoms with van der Waals surface area (Å²) in [5.41, 5.74) is 5.30. The van der Waals surface area contributed by atoms with E-state index in [-0.39, 0.29) is 0 Å². The van der Waals surface area contributed by atoms with Gasteiger partial charge < -0.3 is 0 Å². The van der Waals surface area contributed by atoms with Gasteiger partial charge in [-0.05, 0) is 142 Å². The Kier molecular flexibility index (Phi) is 10.0. The lowest BCUT2D eigenvalue weighted by molar-refractivity contribution is -0.0800. The quantitative estimate of drug-likeness (QED) is 0.385. The van der Waals surface area contributed by atoms with Gasteiger partial charge in [0.15, 0.2) is 0 Å². The van der Waals surface area contributed by atoms with Gasteiger partial charge in [0, 0.05) is 0 Å². The van der Waals surface area contributed by atoms with E-state index in [1.807, 2.05) is 13.8 Å². The largest absolute Gasteiger partial charge is 0.0841 e. The van der Waals surface area contributed by atoms with E-state index in [1.54, 1.807) is 38.5 Å². The molecule has 4 aliphatic carbocycles. The fourth-order valence-electron chi connectivity index (χ4n) is 9.43. The maximum Gasteiger partial charge on any atom is -0.0230 e. The molecule has 0 heterocycles. The molecule has 0 saturated heterocycles. The Bertz CT molecular complexity index is 839. The van der Waals surface area contributed by atoms with Crippen LogP contribution in [0.1, 0.15) is 131 Å². The fraction of sp³-hybridized carbons (Fsp3) is 0.778. The Morgan fingerprint density at radius 1 is 0.833 bits per heavy atom. The van der Waals surface area contributed by atoms with E-state index in [2.05, 4.69) is 85.7 Å². The third-order valence-corrected chi connectivity index (χ3v) is 11.3. The van der Waals surface area contributed by atoms with Crippen LogP contribution in [0.2, 0.25) is 0 Å². The third-order valence-electron chi connectivity index (χ3n) is 11.3. The van der Waals surface area contributed by atoms with Crippen molar-refractivity contribution in [1.82, 2.24) is 0 Å². The molecule has 7 atom stereocenters. The molecule has 0 nitrogen and oxygen atoms in total. The van der Waals surface area contributed by atoms with Crippen LogP contribution < -0.4 is 0 Å². The molecule has 0 bridgehead atoms. The summed E-state index contributed by atoms with van der Waals surface area (Å²) in [5.74, 6) is 7.36. The second-order valence-corrected chi connectivity index (χ2v) is 14.2. The van der Waals surface area contributed by atoms with Crippen LogP contribution in [0.15, 0.2) is 30.3 Å². The minimum absolute atomic E-state index is 0.632. The number of allylic oxidation sites excluding steroid dienone is 2. The van der Waals surface area contributed by atoms with Crippen molar-refractivity contribution in [2.24, 2.45) is 52.3 Å². The van der Waals surface area contributed by atoms with Gasteiger partial charge in [-0.15, -0.1) is 0 Å². The molecule has 0 heteroatoms. The lowest BCUT2D eigenvalue weighted by Crippen LogP contribution is -2.49.